The van der Waals surface area contributed by atoms with Gasteiger partial charge in [-0.25, -0.2) is 9.97 Å². The summed E-state index contributed by atoms with van der Waals surface area (Å²) in [6, 6.07) is 2.08. The number of anilines is 1. The molecule has 29 heavy (non-hydrogen) atoms. The number of fused-ring (bicyclic) bond motifs is 1. The van der Waals surface area contributed by atoms with Crippen LogP contribution in [0.5, 0.6) is 0 Å². The van der Waals surface area contributed by atoms with E-state index in [4.69, 9.17) is 0 Å². The number of piperidine rings is 1. The van der Waals surface area contributed by atoms with Crippen LogP contribution in [-0.4, -0.2) is 62.3 Å². The van der Waals surface area contributed by atoms with Crippen LogP contribution in [0.25, 0.3) is 11.0 Å². The number of aromatic nitrogens is 3. The zero-order valence-corrected chi connectivity index (χ0v) is 16.4. The Hall–Kier alpha value is -2.81. The molecule has 1 fully saturated rings. The SMILES string of the molecule is C=C/C(O)=C\N=C(/CC)C(F)(F)CN1CCC(Nc2ncnc3[nH]ccc23)CC1. The first-order valence-electron chi connectivity index (χ1n) is 9.66. The van der Waals surface area contributed by atoms with Gasteiger partial charge in [-0.3, -0.25) is 9.89 Å². The van der Waals surface area contributed by atoms with Crippen LogP contribution in [0.3, 0.4) is 0 Å². The van der Waals surface area contributed by atoms with E-state index in [1.165, 1.54) is 6.33 Å². The lowest BCUT2D eigenvalue weighted by molar-refractivity contribution is 0.0237. The summed E-state index contributed by atoms with van der Waals surface area (Å²) in [6.45, 7) is 5.73. The van der Waals surface area contributed by atoms with Crippen LogP contribution in [0.2, 0.25) is 0 Å². The maximum absolute atomic E-state index is 14.7. The Morgan fingerprint density at radius 3 is 2.90 bits per heavy atom. The molecule has 7 nitrogen and oxygen atoms in total. The fraction of sp³-hybridized carbons (Fsp3) is 0.450. The lowest BCUT2D eigenvalue weighted by Crippen LogP contribution is -2.47. The number of aliphatic imine (C=N–C) groups is 1. The molecule has 1 aliphatic rings. The van der Waals surface area contributed by atoms with E-state index in [1.54, 1.807) is 11.8 Å². The third-order valence-corrected chi connectivity index (χ3v) is 5.02. The van der Waals surface area contributed by atoms with Gasteiger partial charge < -0.3 is 15.4 Å². The second kappa shape index (κ2) is 9.13. The Bertz CT molecular complexity index is 899. The average Bonchev–Trinajstić information content (AvgIpc) is 3.19. The van der Waals surface area contributed by atoms with Crippen molar-refractivity contribution in [1.82, 2.24) is 19.9 Å². The molecule has 9 heteroatoms. The number of alkyl halides is 2. The molecule has 0 radical (unpaired) electrons. The van der Waals surface area contributed by atoms with Gasteiger partial charge in [0.2, 0.25) is 0 Å². The molecule has 156 valence electrons. The van der Waals surface area contributed by atoms with E-state index in [1.807, 2.05) is 12.3 Å². The summed E-state index contributed by atoms with van der Waals surface area (Å²) in [6.07, 6.45) is 7.06. The molecule has 3 rings (SSSR count). The van der Waals surface area contributed by atoms with Gasteiger partial charge in [0, 0.05) is 25.3 Å². The van der Waals surface area contributed by atoms with Gasteiger partial charge in [-0.2, -0.15) is 8.78 Å². The largest absolute Gasteiger partial charge is 0.506 e. The van der Waals surface area contributed by atoms with Gasteiger partial charge in [-0.05, 0) is 31.4 Å². The quantitative estimate of drug-likeness (QED) is 0.353. The van der Waals surface area contributed by atoms with E-state index < -0.39 is 5.92 Å². The minimum atomic E-state index is -3.06. The number of H-pyrrole nitrogens is 1. The number of aliphatic hydroxyl groups excluding tert-OH is 1. The van der Waals surface area contributed by atoms with Crippen molar-refractivity contribution in [1.29, 1.82) is 0 Å². The monoisotopic (exact) mass is 404 g/mol. The van der Waals surface area contributed by atoms with Gasteiger partial charge in [-0.15, -0.1) is 0 Å². The number of aromatic amines is 1. The van der Waals surface area contributed by atoms with Crippen molar-refractivity contribution < 1.29 is 13.9 Å². The van der Waals surface area contributed by atoms with Crippen molar-refractivity contribution >= 4 is 22.6 Å². The molecule has 1 aliphatic heterocycles. The van der Waals surface area contributed by atoms with Crippen molar-refractivity contribution in [2.24, 2.45) is 4.99 Å². The summed E-state index contributed by atoms with van der Waals surface area (Å²) in [5.74, 6) is -2.54. The minimum absolute atomic E-state index is 0.103. The van der Waals surface area contributed by atoms with Crippen LogP contribution in [-0.2, 0) is 0 Å². The number of halogens is 2. The minimum Gasteiger partial charge on any atom is -0.506 e. The molecule has 0 bridgehead atoms. The van der Waals surface area contributed by atoms with Crippen LogP contribution >= 0.6 is 0 Å². The summed E-state index contributed by atoms with van der Waals surface area (Å²) in [4.78, 5) is 17.0. The van der Waals surface area contributed by atoms with Crippen molar-refractivity contribution in [3.63, 3.8) is 0 Å². The van der Waals surface area contributed by atoms with Crippen LogP contribution in [0, 0.1) is 0 Å². The van der Waals surface area contributed by atoms with E-state index >= 15 is 0 Å². The molecule has 3 N–H and O–H groups in total. The molecular weight excluding hydrogens is 378 g/mol. The first kappa shape index (κ1) is 20.9. The van der Waals surface area contributed by atoms with E-state index in [-0.39, 0.29) is 30.5 Å². The number of aliphatic hydroxyl groups is 1. The number of nitrogens with one attached hydrogen (secondary N) is 2. The molecule has 2 aromatic rings. The van der Waals surface area contributed by atoms with Crippen molar-refractivity contribution in [2.75, 3.05) is 25.0 Å². The van der Waals surface area contributed by atoms with E-state index in [0.29, 0.717) is 13.1 Å². The molecule has 0 spiro atoms. The molecule has 0 amide bonds. The Morgan fingerprint density at radius 2 is 2.21 bits per heavy atom. The number of likely N-dealkylation sites (tertiary alicyclic amines) is 1. The normalized spacial score (nSPS) is 17.6. The Balaban J connectivity index is 1.57. The Morgan fingerprint density at radius 1 is 1.45 bits per heavy atom. The Kier molecular flexibility index (Phi) is 6.58. The summed E-state index contributed by atoms with van der Waals surface area (Å²) >= 11 is 0. The highest BCUT2D eigenvalue weighted by Gasteiger charge is 2.37. The van der Waals surface area contributed by atoms with Gasteiger partial charge in [0.05, 0.1) is 23.8 Å². The molecule has 0 atom stereocenters. The van der Waals surface area contributed by atoms with Crippen molar-refractivity contribution in [3.8, 4) is 0 Å². The molecular formula is C20H26F2N6O. The number of hydrogen-bond acceptors (Lipinski definition) is 6. The number of rotatable bonds is 8. The number of hydrogen-bond donors (Lipinski definition) is 3. The summed E-state index contributed by atoms with van der Waals surface area (Å²) in [5, 5.41) is 13.7. The van der Waals surface area contributed by atoms with Gasteiger partial charge in [-0.1, -0.05) is 13.5 Å². The van der Waals surface area contributed by atoms with Crippen LogP contribution in [0.15, 0.2) is 48.2 Å². The fourth-order valence-corrected chi connectivity index (χ4v) is 3.43. The van der Waals surface area contributed by atoms with E-state index in [9.17, 15) is 13.9 Å². The summed E-state index contributed by atoms with van der Waals surface area (Å²) in [5.41, 5.74) is 0.518. The Labute approximate surface area is 168 Å². The van der Waals surface area contributed by atoms with E-state index in [2.05, 4.69) is 31.8 Å². The van der Waals surface area contributed by atoms with Crippen LogP contribution in [0.1, 0.15) is 26.2 Å². The summed E-state index contributed by atoms with van der Waals surface area (Å²) in [7, 11) is 0. The lowest BCUT2D eigenvalue weighted by Gasteiger charge is -2.34. The number of nitrogens with zero attached hydrogens (tertiary/aromatic N) is 4. The van der Waals surface area contributed by atoms with Gasteiger partial charge in [0.15, 0.2) is 0 Å². The lowest BCUT2D eigenvalue weighted by atomic mass is 10.0. The number of allylic oxidation sites excluding steroid dienone is 1. The average molecular weight is 404 g/mol. The summed E-state index contributed by atoms with van der Waals surface area (Å²) < 4.78 is 29.3. The zero-order chi connectivity index (χ0) is 20.9. The molecule has 0 saturated carbocycles. The predicted molar refractivity (Wildman–Crippen MR) is 111 cm³/mol. The van der Waals surface area contributed by atoms with Crippen LogP contribution in [0.4, 0.5) is 14.6 Å². The molecule has 0 aromatic carbocycles. The predicted octanol–water partition coefficient (Wildman–Crippen LogP) is 3.91. The first-order valence-corrected chi connectivity index (χ1v) is 9.66. The maximum atomic E-state index is 14.7. The molecule has 1 saturated heterocycles. The van der Waals surface area contributed by atoms with Crippen LogP contribution < -0.4 is 5.32 Å². The first-order chi connectivity index (χ1) is 13.9. The highest BCUT2D eigenvalue weighted by molar-refractivity contribution is 5.91. The molecule has 0 aliphatic carbocycles. The van der Waals surface area contributed by atoms with Crippen molar-refractivity contribution in [2.45, 2.75) is 38.2 Å². The van der Waals surface area contributed by atoms with Gasteiger partial charge >= 0.3 is 0 Å². The van der Waals surface area contributed by atoms with E-state index in [0.717, 1.165) is 42.0 Å². The highest BCUT2D eigenvalue weighted by atomic mass is 19.3. The highest BCUT2D eigenvalue weighted by Crippen LogP contribution is 2.25. The maximum Gasteiger partial charge on any atom is 0.298 e. The third kappa shape index (κ3) is 5.17. The fourth-order valence-electron chi connectivity index (χ4n) is 3.43. The smallest absolute Gasteiger partial charge is 0.298 e. The standard InChI is InChI=1S/C20H26F2N6O/c1-3-15(29)11-24-17(4-2)20(21,22)12-28-9-6-14(7-10-28)27-19-16-5-8-23-18(16)25-13-26-19/h3,5,8,11,13-14,29H,1,4,6-7,9-10,12H2,2H3,(H2,23,25,26,27)/b15-11+,24-17+. The van der Waals surface area contributed by atoms with Gasteiger partial charge in [0.1, 0.15) is 23.6 Å². The van der Waals surface area contributed by atoms with Crippen molar-refractivity contribution in [3.05, 3.63) is 43.2 Å². The second-order valence-electron chi connectivity index (χ2n) is 7.05. The molecule has 0 unspecified atom stereocenters. The zero-order valence-electron chi connectivity index (χ0n) is 16.4. The third-order valence-electron chi connectivity index (χ3n) is 5.02. The molecule has 2 aromatic heterocycles. The van der Waals surface area contributed by atoms with Gasteiger partial charge in [0.25, 0.3) is 5.92 Å². The molecule has 3 heterocycles. The second-order valence-corrected chi connectivity index (χ2v) is 7.05. The topological polar surface area (TPSA) is 89.4 Å².